The summed E-state index contributed by atoms with van der Waals surface area (Å²) in [6.07, 6.45) is 0.769. The molecule has 1 fully saturated rings. The van der Waals surface area contributed by atoms with Gasteiger partial charge in [-0.15, -0.1) is 0 Å². The zero-order valence-corrected chi connectivity index (χ0v) is 12.8. The van der Waals surface area contributed by atoms with Crippen LogP contribution in [0.15, 0.2) is 23.1 Å². The predicted octanol–water partition coefficient (Wildman–Crippen LogP) is 2.27. The quantitative estimate of drug-likeness (QED) is 0.897. The highest BCUT2D eigenvalue weighted by atomic mass is 35.5. The standard InChI is InChI=1S/C12H16Cl2N2O2S/c1-8-7-15-5-4-11(8)16-19(17,18)12-3-2-9(13)6-10(12)14/h2-3,6,8,11,15-16H,4-5,7H2,1H3. The summed E-state index contributed by atoms with van der Waals surface area (Å²) in [5.41, 5.74) is 0. The van der Waals surface area contributed by atoms with Crippen molar-refractivity contribution in [3.8, 4) is 0 Å². The number of benzene rings is 1. The Balaban J connectivity index is 2.22. The summed E-state index contributed by atoms with van der Waals surface area (Å²) in [7, 11) is -3.61. The first-order valence-electron chi connectivity index (χ1n) is 6.08. The highest BCUT2D eigenvalue weighted by Crippen LogP contribution is 2.25. The van der Waals surface area contributed by atoms with Crippen molar-refractivity contribution in [2.24, 2.45) is 5.92 Å². The minimum absolute atomic E-state index is 0.0713. The minimum atomic E-state index is -3.61. The smallest absolute Gasteiger partial charge is 0.242 e. The number of hydrogen-bond donors (Lipinski definition) is 2. The van der Waals surface area contributed by atoms with Gasteiger partial charge in [-0.25, -0.2) is 13.1 Å². The van der Waals surface area contributed by atoms with E-state index < -0.39 is 10.0 Å². The second-order valence-electron chi connectivity index (χ2n) is 4.77. The minimum Gasteiger partial charge on any atom is -0.316 e. The van der Waals surface area contributed by atoms with Crippen LogP contribution in [0.2, 0.25) is 10.0 Å². The normalized spacial score (nSPS) is 24.4. The third kappa shape index (κ3) is 3.61. The highest BCUT2D eigenvalue weighted by Gasteiger charge is 2.27. The van der Waals surface area contributed by atoms with Crippen molar-refractivity contribution in [1.82, 2.24) is 10.0 Å². The van der Waals surface area contributed by atoms with Crippen molar-refractivity contribution < 1.29 is 8.42 Å². The second kappa shape index (κ2) is 5.97. The molecule has 19 heavy (non-hydrogen) atoms. The fourth-order valence-corrected chi connectivity index (χ4v) is 4.30. The first kappa shape index (κ1) is 15.1. The SMILES string of the molecule is CC1CNCCC1NS(=O)(=O)c1ccc(Cl)cc1Cl. The van der Waals surface area contributed by atoms with E-state index in [2.05, 4.69) is 10.0 Å². The van der Waals surface area contributed by atoms with Gasteiger partial charge in [-0.05, 0) is 43.6 Å². The topological polar surface area (TPSA) is 58.2 Å². The van der Waals surface area contributed by atoms with Crippen LogP contribution in [0.5, 0.6) is 0 Å². The Hall–Kier alpha value is -0.330. The molecule has 7 heteroatoms. The Labute approximate surface area is 123 Å². The van der Waals surface area contributed by atoms with E-state index in [0.717, 1.165) is 19.5 Å². The third-order valence-electron chi connectivity index (χ3n) is 3.28. The van der Waals surface area contributed by atoms with Gasteiger partial charge < -0.3 is 5.32 Å². The van der Waals surface area contributed by atoms with Gasteiger partial charge in [0.15, 0.2) is 0 Å². The van der Waals surface area contributed by atoms with Gasteiger partial charge in [-0.2, -0.15) is 0 Å². The van der Waals surface area contributed by atoms with E-state index in [-0.39, 0.29) is 21.9 Å². The van der Waals surface area contributed by atoms with E-state index in [1.54, 1.807) is 0 Å². The van der Waals surface area contributed by atoms with Crippen LogP contribution in [0.1, 0.15) is 13.3 Å². The van der Waals surface area contributed by atoms with E-state index in [4.69, 9.17) is 23.2 Å². The molecule has 106 valence electrons. The van der Waals surface area contributed by atoms with Crippen molar-refractivity contribution in [3.63, 3.8) is 0 Å². The molecule has 1 aliphatic rings. The molecular weight excluding hydrogens is 307 g/mol. The van der Waals surface area contributed by atoms with Crippen LogP contribution in [0.25, 0.3) is 0 Å². The van der Waals surface area contributed by atoms with Gasteiger partial charge >= 0.3 is 0 Å². The lowest BCUT2D eigenvalue weighted by Crippen LogP contribution is -2.48. The Bertz CT molecular complexity index is 563. The molecule has 0 amide bonds. The van der Waals surface area contributed by atoms with Gasteiger partial charge in [0, 0.05) is 11.1 Å². The highest BCUT2D eigenvalue weighted by molar-refractivity contribution is 7.89. The summed E-state index contributed by atoms with van der Waals surface area (Å²) in [5.74, 6) is 0.245. The van der Waals surface area contributed by atoms with Gasteiger partial charge in [0.1, 0.15) is 4.90 Å². The molecule has 1 aromatic carbocycles. The summed E-state index contributed by atoms with van der Waals surface area (Å²) in [6, 6.07) is 4.31. The average molecular weight is 323 g/mol. The summed E-state index contributed by atoms with van der Waals surface area (Å²) < 4.78 is 27.4. The van der Waals surface area contributed by atoms with Gasteiger partial charge in [0.05, 0.1) is 5.02 Å². The maximum atomic E-state index is 12.3. The van der Waals surface area contributed by atoms with Gasteiger partial charge in [-0.3, -0.25) is 0 Å². The van der Waals surface area contributed by atoms with Crippen LogP contribution < -0.4 is 10.0 Å². The summed E-state index contributed by atoms with van der Waals surface area (Å²) in [6.45, 7) is 3.64. The maximum Gasteiger partial charge on any atom is 0.242 e. The lowest BCUT2D eigenvalue weighted by atomic mass is 9.97. The Morgan fingerprint density at radius 1 is 1.37 bits per heavy atom. The lowest BCUT2D eigenvalue weighted by Gasteiger charge is -2.30. The molecule has 0 saturated carbocycles. The third-order valence-corrected chi connectivity index (χ3v) is 5.48. The summed E-state index contributed by atoms with van der Waals surface area (Å²) in [4.78, 5) is 0.0734. The van der Waals surface area contributed by atoms with Crippen molar-refractivity contribution in [3.05, 3.63) is 28.2 Å². The van der Waals surface area contributed by atoms with Crippen LogP contribution >= 0.6 is 23.2 Å². The van der Waals surface area contributed by atoms with Crippen molar-refractivity contribution in [2.75, 3.05) is 13.1 Å². The molecule has 4 nitrogen and oxygen atoms in total. The van der Waals surface area contributed by atoms with E-state index in [1.165, 1.54) is 18.2 Å². The van der Waals surface area contributed by atoms with Gasteiger partial charge in [0.25, 0.3) is 0 Å². The van der Waals surface area contributed by atoms with Crippen LogP contribution in [-0.2, 0) is 10.0 Å². The number of piperidine rings is 1. The second-order valence-corrected chi connectivity index (χ2v) is 7.30. The molecule has 0 aliphatic carbocycles. The molecular formula is C12H16Cl2N2O2S. The van der Waals surface area contributed by atoms with Crippen molar-refractivity contribution in [2.45, 2.75) is 24.3 Å². The Morgan fingerprint density at radius 3 is 2.74 bits per heavy atom. The molecule has 1 saturated heterocycles. The molecule has 0 bridgehead atoms. The largest absolute Gasteiger partial charge is 0.316 e. The monoisotopic (exact) mass is 322 g/mol. The predicted molar refractivity (Wildman–Crippen MR) is 77.2 cm³/mol. The number of hydrogen-bond acceptors (Lipinski definition) is 3. The van der Waals surface area contributed by atoms with Crippen molar-refractivity contribution in [1.29, 1.82) is 0 Å². The molecule has 0 radical (unpaired) electrons. The zero-order chi connectivity index (χ0) is 14.0. The summed E-state index contributed by atoms with van der Waals surface area (Å²) in [5, 5.41) is 3.79. The maximum absolute atomic E-state index is 12.3. The van der Waals surface area contributed by atoms with Gasteiger partial charge in [-0.1, -0.05) is 30.1 Å². The summed E-state index contributed by atoms with van der Waals surface area (Å²) >= 11 is 11.7. The number of rotatable bonds is 3. The zero-order valence-electron chi connectivity index (χ0n) is 10.5. The fraction of sp³-hybridized carbons (Fsp3) is 0.500. The van der Waals surface area contributed by atoms with Gasteiger partial charge in [0.2, 0.25) is 10.0 Å². The fourth-order valence-electron chi connectivity index (χ4n) is 2.15. The average Bonchev–Trinajstić information content (AvgIpc) is 2.31. The van der Waals surface area contributed by atoms with Crippen LogP contribution in [0.4, 0.5) is 0 Å². The number of halogens is 2. The Morgan fingerprint density at radius 2 is 2.11 bits per heavy atom. The molecule has 0 aromatic heterocycles. The van der Waals surface area contributed by atoms with Crippen LogP contribution in [0, 0.1) is 5.92 Å². The first-order valence-corrected chi connectivity index (χ1v) is 8.32. The number of nitrogens with one attached hydrogen (secondary N) is 2. The molecule has 1 aliphatic heterocycles. The molecule has 2 atom stereocenters. The van der Waals surface area contributed by atoms with E-state index in [1.807, 2.05) is 6.92 Å². The molecule has 1 heterocycles. The molecule has 2 unspecified atom stereocenters. The molecule has 1 aromatic rings. The Kier molecular flexibility index (Phi) is 4.74. The molecule has 2 rings (SSSR count). The first-order chi connectivity index (χ1) is 8.90. The molecule has 2 N–H and O–H groups in total. The van der Waals surface area contributed by atoms with E-state index in [9.17, 15) is 8.42 Å². The van der Waals surface area contributed by atoms with Crippen LogP contribution in [0.3, 0.4) is 0 Å². The number of sulfonamides is 1. The van der Waals surface area contributed by atoms with E-state index in [0.29, 0.717) is 5.02 Å². The molecule has 0 spiro atoms. The van der Waals surface area contributed by atoms with E-state index >= 15 is 0 Å². The van der Waals surface area contributed by atoms with Crippen LogP contribution in [-0.4, -0.2) is 27.5 Å². The van der Waals surface area contributed by atoms with Crippen molar-refractivity contribution >= 4 is 33.2 Å². The lowest BCUT2D eigenvalue weighted by molar-refractivity contribution is 0.328.